The first-order valence-corrected chi connectivity index (χ1v) is 7.33. The number of nitrogens with two attached hydrogens (primary N) is 1. The molecule has 0 saturated heterocycles. The van der Waals surface area contributed by atoms with Crippen molar-refractivity contribution in [3.8, 4) is 11.3 Å². The largest absolute Gasteiger partial charge is 0.478 e. The van der Waals surface area contributed by atoms with Crippen LogP contribution in [0.4, 0.5) is 17.3 Å². The topological polar surface area (TPSA) is 101 Å². The Morgan fingerprint density at radius 3 is 2.71 bits per heavy atom. The van der Waals surface area contributed by atoms with Gasteiger partial charge in [0.1, 0.15) is 0 Å². The van der Waals surface area contributed by atoms with Crippen molar-refractivity contribution in [2.45, 2.75) is 6.92 Å². The van der Waals surface area contributed by atoms with Crippen LogP contribution in [-0.4, -0.2) is 21.0 Å². The lowest BCUT2D eigenvalue weighted by molar-refractivity contribution is 0.0697. The van der Waals surface area contributed by atoms with Gasteiger partial charge in [-0.1, -0.05) is 24.3 Å². The number of benzene rings is 2. The summed E-state index contributed by atoms with van der Waals surface area (Å²) in [7, 11) is 0. The Bertz CT molecular complexity index is 909. The summed E-state index contributed by atoms with van der Waals surface area (Å²) < 4.78 is 0. The number of nitrogens with zero attached hydrogens (tertiary/aromatic N) is 2. The summed E-state index contributed by atoms with van der Waals surface area (Å²) >= 11 is 0. The third-order valence-corrected chi connectivity index (χ3v) is 3.62. The van der Waals surface area contributed by atoms with Crippen LogP contribution in [0.1, 0.15) is 15.9 Å². The van der Waals surface area contributed by atoms with Crippen molar-refractivity contribution in [1.29, 1.82) is 0 Å². The van der Waals surface area contributed by atoms with Crippen molar-refractivity contribution in [2.75, 3.05) is 11.1 Å². The Labute approximate surface area is 139 Å². The second-order valence-electron chi connectivity index (χ2n) is 5.31. The number of rotatable bonds is 4. The number of aryl methyl sites for hydroxylation is 1. The van der Waals surface area contributed by atoms with Gasteiger partial charge in [0.05, 0.1) is 11.3 Å². The number of anilines is 3. The maximum atomic E-state index is 11.4. The fourth-order valence-corrected chi connectivity index (χ4v) is 2.31. The molecule has 6 heteroatoms. The lowest BCUT2D eigenvalue weighted by atomic mass is 10.0. The monoisotopic (exact) mass is 320 g/mol. The summed E-state index contributed by atoms with van der Waals surface area (Å²) in [5.74, 6) is -0.624. The number of carboxylic acid groups (broad SMARTS) is 1. The number of aromatic carboxylic acids is 1. The van der Waals surface area contributed by atoms with Gasteiger partial charge >= 0.3 is 5.97 Å². The Balaban J connectivity index is 1.95. The summed E-state index contributed by atoms with van der Waals surface area (Å²) in [6, 6.07) is 14.0. The quantitative estimate of drug-likeness (QED) is 0.636. The fourth-order valence-electron chi connectivity index (χ4n) is 2.31. The second kappa shape index (κ2) is 6.37. The van der Waals surface area contributed by atoms with E-state index in [4.69, 9.17) is 5.73 Å². The molecule has 0 amide bonds. The van der Waals surface area contributed by atoms with E-state index >= 15 is 0 Å². The molecule has 0 aliphatic rings. The minimum atomic E-state index is -0.995. The molecule has 4 N–H and O–H groups in total. The number of hydrogen-bond donors (Lipinski definition) is 3. The number of nitrogens with one attached hydrogen (secondary N) is 1. The number of nitrogen functional groups attached to an aromatic ring is 1. The van der Waals surface area contributed by atoms with Crippen molar-refractivity contribution in [2.24, 2.45) is 0 Å². The van der Waals surface area contributed by atoms with E-state index in [1.165, 1.54) is 0 Å². The predicted molar refractivity (Wildman–Crippen MR) is 93.3 cm³/mol. The van der Waals surface area contributed by atoms with Crippen LogP contribution < -0.4 is 11.1 Å². The highest BCUT2D eigenvalue weighted by molar-refractivity contribution is 5.95. The standard InChI is InChI=1S/C18H16N4O2/c1-11-6-7-12(10-15(11)19)21-18-20-9-8-16(22-18)13-4-2-3-5-14(13)17(23)24/h2-10H,19H2,1H3,(H,23,24)(H,20,21,22). The van der Waals surface area contributed by atoms with Crippen LogP contribution in [0.25, 0.3) is 11.3 Å². The molecule has 6 nitrogen and oxygen atoms in total. The van der Waals surface area contributed by atoms with Crippen molar-refractivity contribution >= 4 is 23.3 Å². The Kier molecular flexibility index (Phi) is 4.11. The molecule has 24 heavy (non-hydrogen) atoms. The zero-order chi connectivity index (χ0) is 17.1. The summed E-state index contributed by atoms with van der Waals surface area (Å²) in [5, 5.41) is 12.4. The van der Waals surface area contributed by atoms with E-state index in [-0.39, 0.29) is 5.56 Å². The fraction of sp³-hybridized carbons (Fsp3) is 0.0556. The Morgan fingerprint density at radius 1 is 1.17 bits per heavy atom. The molecular formula is C18H16N4O2. The molecule has 0 radical (unpaired) electrons. The third kappa shape index (κ3) is 3.17. The highest BCUT2D eigenvalue weighted by Crippen LogP contribution is 2.24. The first-order chi connectivity index (χ1) is 11.5. The van der Waals surface area contributed by atoms with Gasteiger partial charge in [0.15, 0.2) is 0 Å². The average molecular weight is 320 g/mol. The maximum absolute atomic E-state index is 11.4. The Morgan fingerprint density at radius 2 is 1.96 bits per heavy atom. The van der Waals surface area contributed by atoms with E-state index in [1.54, 1.807) is 42.6 Å². The molecule has 3 rings (SSSR count). The summed E-state index contributed by atoms with van der Waals surface area (Å²) in [6.07, 6.45) is 1.58. The lowest BCUT2D eigenvalue weighted by Gasteiger charge is -2.09. The van der Waals surface area contributed by atoms with Crippen LogP contribution in [-0.2, 0) is 0 Å². The van der Waals surface area contributed by atoms with E-state index in [2.05, 4.69) is 15.3 Å². The molecule has 0 fully saturated rings. The molecular weight excluding hydrogens is 304 g/mol. The van der Waals surface area contributed by atoms with E-state index in [0.717, 1.165) is 11.3 Å². The zero-order valence-electron chi connectivity index (χ0n) is 13.0. The van der Waals surface area contributed by atoms with Crippen molar-refractivity contribution in [1.82, 2.24) is 9.97 Å². The second-order valence-corrected chi connectivity index (χ2v) is 5.31. The number of carboxylic acids is 1. The minimum absolute atomic E-state index is 0.196. The molecule has 0 atom stereocenters. The van der Waals surface area contributed by atoms with E-state index in [1.807, 2.05) is 19.1 Å². The first-order valence-electron chi connectivity index (χ1n) is 7.33. The van der Waals surface area contributed by atoms with Crippen LogP contribution in [0.2, 0.25) is 0 Å². The lowest BCUT2D eigenvalue weighted by Crippen LogP contribution is -2.02. The Hall–Kier alpha value is -3.41. The van der Waals surface area contributed by atoms with Crippen molar-refractivity contribution < 1.29 is 9.90 Å². The molecule has 0 unspecified atom stereocenters. The van der Waals surface area contributed by atoms with Gasteiger partial charge in [0.2, 0.25) is 5.95 Å². The molecule has 3 aromatic rings. The average Bonchev–Trinajstić information content (AvgIpc) is 2.58. The van der Waals surface area contributed by atoms with E-state index < -0.39 is 5.97 Å². The van der Waals surface area contributed by atoms with Crippen LogP contribution in [0.5, 0.6) is 0 Å². The van der Waals surface area contributed by atoms with Crippen LogP contribution >= 0.6 is 0 Å². The maximum Gasteiger partial charge on any atom is 0.336 e. The van der Waals surface area contributed by atoms with Gasteiger partial charge in [-0.3, -0.25) is 0 Å². The molecule has 120 valence electrons. The van der Waals surface area contributed by atoms with Gasteiger partial charge in [-0.05, 0) is 36.8 Å². The van der Waals surface area contributed by atoms with Crippen LogP contribution in [0.3, 0.4) is 0 Å². The number of aromatic nitrogens is 2. The smallest absolute Gasteiger partial charge is 0.336 e. The molecule has 1 aromatic heterocycles. The summed E-state index contributed by atoms with van der Waals surface area (Å²) in [5.41, 5.74) is 9.60. The summed E-state index contributed by atoms with van der Waals surface area (Å²) in [6.45, 7) is 1.93. The SMILES string of the molecule is Cc1ccc(Nc2nccc(-c3ccccc3C(=O)O)n2)cc1N. The normalized spacial score (nSPS) is 10.4. The highest BCUT2D eigenvalue weighted by Gasteiger charge is 2.12. The van der Waals surface area contributed by atoms with Gasteiger partial charge in [0.25, 0.3) is 0 Å². The molecule has 0 aliphatic carbocycles. The molecule has 1 heterocycles. The molecule has 2 aromatic carbocycles. The molecule has 0 saturated carbocycles. The van der Waals surface area contributed by atoms with Gasteiger partial charge in [-0.15, -0.1) is 0 Å². The zero-order valence-corrected chi connectivity index (χ0v) is 13.0. The summed E-state index contributed by atoms with van der Waals surface area (Å²) in [4.78, 5) is 20.0. The number of hydrogen-bond acceptors (Lipinski definition) is 5. The highest BCUT2D eigenvalue weighted by atomic mass is 16.4. The van der Waals surface area contributed by atoms with E-state index in [9.17, 15) is 9.90 Å². The minimum Gasteiger partial charge on any atom is -0.478 e. The van der Waals surface area contributed by atoms with Gasteiger partial charge < -0.3 is 16.2 Å². The van der Waals surface area contributed by atoms with E-state index in [0.29, 0.717) is 22.9 Å². The van der Waals surface area contributed by atoms with Gasteiger partial charge in [-0.25, -0.2) is 14.8 Å². The van der Waals surface area contributed by atoms with Crippen molar-refractivity contribution in [3.63, 3.8) is 0 Å². The number of carbonyl (C=O) groups is 1. The van der Waals surface area contributed by atoms with Crippen LogP contribution in [0.15, 0.2) is 54.7 Å². The van der Waals surface area contributed by atoms with Crippen LogP contribution in [0, 0.1) is 6.92 Å². The first kappa shape index (κ1) is 15.5. The third-order valence-electron chi connectivity index (χ3n) is 3.62. The van der Waals surface area contributed by atoms with Gasteiger partial charge in [-0.2, -0.15) is 0 Å². The van der Waals surface area contributed by atoms with Crippen molar-refractivity contribution in [3.05, 3.63) is 65.9 Å². The molecule has 0 bridgehead atoms. The molecule has 0 aliphatic heterocycles. The van der Waals surface area contributed by atoms with Gasteiger partial charge in [0, 0.05) is 23.1 Å². The predicted octanol–water partition coefficient (Wildman–Crippen LogP) is 3.48. The molecule has 0 spiro atoms.